The first-order chi connectivity index (χ1) is 6.31. The highest BCUT2D eigenvalue weighted by Gasteiger charge is 1.98. The van der Waals surface area contributed by atoms with Gasteiger partial charge in [0.25, 0.3) is 0 Å². The first-order valence-corrected chi connectivity index (χ1v) is 4.51. The largest absolute Gasteiger partial charge is 0.361 e. The molecule has 0 aliphatic heterocycles. The zero-order chi connectivity index (χ0) is 9.26. The smallest absolute Gasteiger partial charge is 0.189 e. The fourth-order valence-electron chi connectivity index (χ4n) is 1.21. The average Bonchev–Trinajstić information content (AvgIpc) is 2.18. The van der Waals surface area contributed by atoms with E-state index in [9.17, 15) is 4.79 Å². The fourth-order valence-corrected chi connectivity index (χ4v) is 1.51. The summed E-state index contributed by atoms with van der Waals surface area (Å²) in [6.45, 7) is 0. The Morgan fingerprint density at radius 2 is 2.15 bits per heavy atom. The molecule has 0 spiro atoms. The van der Waals surface area contributed by atoms with Gasteiger partial charge in [0.1, 0.15) is 0 Å². The van der Waals surface area contributed by atoms with Gasteiger partial charge >= 0.3 is 0 Å². The van der Waals surface area contributed by atoms with Crippen molar-refractivity contribution >= 4 is 22.9 Å². The molecule has 0 aliphatic carbocycles. The van der Waals surface area contributed by atoms with Gasteiger partial charge in [0, 0.05) is 40.1 Å². The zero-order valence-corrected chi connectivity index (χ0v) is 7.47. The molecule has 0 radical (unpaired) electrons. The number of aromatic nitrogens is 1. The molecule has 1 aromatic carbocycles. The van der Waals surface area contributed by atoms with Gasteiger partial charge in [-0.25, -0.2) is 0 Å². The van der Waals surface area contributed by atoms with Crippen molar-refractivity contribution in [2.45, 2.75) is 4.90 Å². The summed E-state index contributed by atoms with van der Waals surface area (Å²) < 4.78 is 8.79. The summed E-state index contributed by atoms with van der Waals surface area (Å²) in [5.41, 5.74) is 0.745. The van der Waals surface area contributed by atoms with Crippen molar-refractivity contribution in [3.8, 4) is 0 Å². The van der Waals surface area contributed by atoms with Gasteiger partial charge in [0.05, 0.1) is 0 Å². The van der Waals surface area contributed by atoms with Crippen LogP contribution < -0.4 is 5.43 Å². The minimum Gasteiger partial charge on any atom is -0.361 e. The van der Waals surface area contributed by atoms with Crippen molar-refractivity contribution in [1.82, 2.24) is 4.98 Å². The quantitative estimate of drug-likeness (QED) is 0.682. The second kappa shape index (κ2) is 3.24. The summed E-state index contributed by atoms with van der Waals surface area (Å²) >= 11 is 0.640. The number of hydrogen-bond acceptors (Lipinski definition) is 3. The summed E-state index contributed by atoms with van der Waals surface area (Å²) in [5, 5.41) is 0.599. The maximum Gasteiger partial charge on any atom is 0.189 e. The normalized spacial score (nSPS) is 10.5. The monoisotopic (exact) mass is 193 g/mol. The lowest BCUT2D eigenvalue weighted by atomic mass is 10.2. The molecule has 0 atom stereocenters. The number of fused-ring (bicyclic) bond motifs is 1. The maximum atomic E-state index is 11.3. The predicted molar refractivity (Wildman–Crippen MR) is 53.1 cm³/mol. The molecule has 13 heavy (non-hydrogen) atoms. The number of H-pyrrole nitrogens is 1. The van der Waals surface area contributed by atoms with Crippen molar-refractivity contribution in [3.05, 3.63) is 40.7 Å². The van der Waals surface area contributed by atoms with Crippen LogP contribution >= 0.6 is 12.0 Å². The average molecular weight is 193 g/mol. The number of aromatic amines is 1. The van der Waals surface area contributed by atoms with E-state index in [4.69, 9.17) is 4.55 Å². The zero-order valence-electron chi connectivity index (χ0n) is 6.65. The standard InChI is InChI=1S/C9H7NO2S/c11-9-3-4-10-8-2-1-6(13-12)5-7(8)9/h1-5,12H,(H,10,11). The SMILES string of the molecule is O=c1cc[nH]c2ccc(SO)cc12. The molecule has 3 nitrogen and oxygen atoms in total. The Morgan fingerprint density at radius 3 is 2.92 bits per heavy atom. The molecule has 0 bridgehead atoms. The number of nitrogens with one attached hydrogen (secondary N) is 1. The highest BCUT2D eigenvalue weighted by atomic mass is 32.2. The molecule has 0 saturated carbocycles. The fraction of sp³-hybridized carbons (Fsp3) is 0. The summed E-state index contributed by atoms with van der Waals surface area (Å²) in [4.78, 5) is 15.0. The van der Waals surface area contributed by atoms with Crippen LogP contribution in [-0.4, -0.2) is 9.54 Å². The lowest BCUT2D eigenvalue weighted by Crippen LogP contribution is -1.99. The van der Waals surface area contributed by atoms with Gasteiger partial charge in [0.2, 0.25) is 0 Å². The number of hydrogen-bond donors (Lipinski definition) is 2. The van der Waals surface area contributed by atoms with Crippen molar-refractivity contribution in [1.29, 1.82) is 0 Å². The van der Waals surface area contributed by atoms with Crippen molar-refractivity contribution in [2.75, 3.05) is 0 Å². The minimum atomic E-state index is -0.0374. The Balaban J connectivity index is 2.82. The third-order valence-corrected chi connectivity index (χ3v) is 2.30. The van der Waals surface area contributed by atoms with Gasteiger partial charge < -0.3 is 9.54 Å². The Bertz CT molecular complexity index is 492. The van der Waals surface area contributed by atoms with E-state index in [1.54, 1.807) is 24.4 Å². The molecule has 4 heteroatoms. The van der Waals surface area contributed by atoms with Crippen LogP contribution in [0.25, 0.3) is 10.9 Å². The highest BCUT2D eigenvalue weighted by molar-refractivity contribution is 7.93. The molecule has 0 fully saturated rings. The summed E-state index contributed by atoms with van der Waals surface area (Å²) in [5.74, 6) is 0. The number of pyridine rings is 1. The van der Waals surface area contributed by atoms with Crippen LogP contribution in [0.1, 0.15) is 0 Å². The Labute approximate surface area is 78.6 Å². The van der Waals surface area contributed by atoms with E-state index in [0.717, 1.165) is 5.52 Å². The van der Waals surface area contributed by atoms with Crippen molar-refractivity contribution in [3.63, 3.8) is 0 Å². The second-order valence-corrected chi connectivity index (χ2v) is 3.29. The first kappa shape index (κ1) is 8.34. The molecule has 0 saturated heterocycles. The Morgan fingerprint density at radius 1 is 1.31 bits per heavy atom. The molecule has 0 aliphatic rings. The van der Waals surface area contributed by atoms with Crippen LogP contribution in [0.15, 0.2) is 40.2 Å². The Hall–Kier alpha value is -1.26. The van der Waals surface area contributed by atoms with Crippen molar-refractivity contribution < 1.29 is 4.55 Å². The minimum absolute atomic E-state index is 0.0374. The summed E-state index contributed by atoms with van der Waals surface area (Å²) in [7, 11) is 0. The van der Waals surface area contributed by atoms with Gasteiger partial charge in [-0.2, -0.15) is 0 Å². The van der Waals surface area contributed by atoms with E-state index in [-0.39, 0.29) is 5.43 Å². The number of benzene rings is 1. The molecule has 2 aromatic rings. The summed E-state index contributed by atoms with van der Waals surface area (Å²) in [6.07, 6.45) is 1.61. The van der Waals surface area contributed by atoms with Crippen LogP contribution in [0.4, 0.5) is 0 Å². The third kappa shape index (κ3) is 1.46. The van der Waals surface area contributed by atoms with Gasteiger partial charge in [-0.3, -0.25) is 4.79 Å². The first-order valence-electron chi connectivity index (χ1n) is 3.74. The highest BCUT2D eigenvalue weighted by Crippen LogP contribution is 2.17. The van der Waals surface area contributed by atoms with E-state index in [2.05, 4.69) is 4.98 Å². The van der Waals surface area contributed by atoms with Crippen LogP contribution in [-0.2, 0) is 0 Å². The third-order valence-electron chi connectivity index (χ3n) is 1.84. The lowest BCUT2D eigenvalue weighted by molar-refractivity contribution is 0.664. The van der Waals surface area contributed by atoms with E-state index in [1.165, 1.54) is 6.07 Å². The molecule has 1 heterocycles. The maximum absolute atomic E-state index is 11.3. The number of rotatable bonds is 1. The van der Waals surface area contributed by atoms with E-state index >= 15 is 0 Å². The molecule has 0 unspecified atom stereocenters. The van der Waals surface area contributed by atoms with Crippen LogP contribution in [0.5, 0.6) is 0 Å². The van der Waals surface area contributed by atoms with Crippen LogP contribution in [0, 0.1) is 0 Å². The molecule has 66 valence electrons. The van der Waals surface area contributed by atoms with E-state index < -0.39 is 0 Å². The van der Waals surface area contributed by atoms with Crippen LogP contribution in [0.2, 0.25) is 0 Å². The van der Waals surface area contributed by atoms with E-state index in [1.807, 2.05) is 0 Å². The second-order valence-electron chi connectivity index (χ2n) is 2.64. The molecule has 2 N–H and O–H groups in total. The predicted octanol–water partition coefficient (Wildman–Crippen LogP) is 2.09. The van der Waals surface area contributed by atoms with Crippen molar-refractivity contribution in [2.24, 2.45) is 0 Å². The van der Waals surface area contributed by atoms with Gasteiger partial charge in [-0.1, -0.05) is 0 Å². The molecular formula is C9H7NO2S. The topological polar surface area (TPSA) is 53.1 Å². The van der Waals surface area contributed by atoms with Gasteiger partial charge in [0.15, 0.2) is 5.43 Å². The molecule has 0 amide bonds. The molecular weight excluding hydrogens is 186 g/mol. The molecule has 1 aromatic heterocycles. The van der Waals surface area contributed by atoms with Crippen LogP contribution in [0.3, 0.4) is 0 Å². The van der Waals surface area contributed by atoms with E-state index in [0.29, 0.717) is 22.3 Å². The Kier molecular flexibility index (Phi) is 2.08. The van der Waals surface area contributed by atoms with Gasteiger partial charge in [-0.05, 0) is 18.2 Å². The van der Waals surface area contributed by atoms with Gasteiger partial charge in [-0.15, -0.1) is 0 Å². The summed E-state index contributed by atoms with van der Waals surface area (Å²) in [6, 6.07) is 6.66. The lowest BCUT2D eigenvalue weighted by Gasteiger charge is -1.98. The molecule has 2 rings (SSSR count).